The Hall–Kier alpha value is -3.32. The highest BCUT2D eigenvalue weighted by Crippen LogP contribution is 2.41. The summed E-state index contributed by atoms with van der Waals surface area (Å²) in [5.41, 5.74) is 0.523. The number of aliphatic hydroxyl groups is 1. The molecule has 1 aliphatic heterocycles. The van der Waals surface area contributed by atoms with Gasteiger partial charge >= 0.3 is 0 Å². The predicted molar refractivity (Wildman–Crippen MR) is 104 cm³/mol. The Morgan fingerprint density at radius 2 is 1.76 bits per heavy atom. The quantitative estimate of drug-likeness (QED) is 0.614. The van der Waals surface area contributed by atoms with E-state index in [0.29, 0.717) is 10.4 Å². The van der Waals surface area contributed by atoms with Crippen molar-refractivity contribution in [1.29, 1.82) is 0 Å². The number of carbonyl (C=O) groups is 2. The lowest BCUT2D eigenvalue weighted by Crippen LogP contribution is -2.31. The number of amides is 1. The second-order valence-corrected chi connectivity index (χ2v) is 7.50. The summed E-state index contributed by atoms with van der Waals surface area (Å²) in [6.45, 7) is -0.0244. The molecule has 0 saturated heterocycles. The Balaban J connectivity index is 1.81. The maximum atomic E-state index is 14.6. The molecular weight excluding hydrogens is 396 g/mol. The molecule has 0 saturated carbocycles. The van der Waals surface area contributed by atoms with Gasteiger partial charge in [-0.1, -0.05) is 36.4 Å². The van der Waals surface area contributed by atoms with Gasteiger partial charge in [0.15, 0.2) is 5.76 Å². The van der Waals surface area contributed by atoms with E-state index >= 15 is 0 Å². The molecule has 7 heteroatoms. The molecule has 146 valence electrons. The van der Waals surface area contributed by atoms with Gasteiger partial charge in [-0.15, -0.1) is 11.3 Å². The number of nitrogens with zero attached hydrogens (tertiary/aromatic N) is 1. The van der Waals surface area contributed by atoms with Gasteiger partial charge in [0, 0.05) is 12.1 Å². The zero-order valence-electron chi connectivity index (χ0n) is 15.0. The fourth-order valence-corrected chi connectivity index (χ4v) is 4.07. The van der Waals surface area contributed by atoms with E-state index in [1.807, 2.05) is 0 Å². The fraction of sp³-hybridized carbons (Fsp3) is 0.0909. The van der Waals surface area contributed by atoms with Crippen LogP contribution in [0, 0.1) is 11.6 Å². The molecule has 1 aromatic heterocycles. The number of aliphatic hydroxyl groups excluding tert-OH is 1. The number of hydrogen-bond acceptors (Lipinski definition) is 4. The van der Waals surface area contributed by atoms with Gasteiger partial charge in [0.1, 0.15) is 11.6 Å². The minimum atomic E-state index is -1.09. The van der Waals surface area contributed by atoms with Crippen molar-refractivity contribution in [3.05, 3.63) is 105 Å². The molecule has 2 aromatic carbocycles. The molecule has 3 aromatic rings. The van der Waals surface area contributed by atoms with Crippen LogP contribution >= 0.6 is 11.3 Å². The number of rotatable bonds is 5. The normalized spacial score (nSPS) is 16.6. The highest BCUT2D eigenvalue weighted by atomic mass is 32.1. The third-order valence-electron chi connectivity index (χ3n) is 4.76. The highest BCUT2D eigenvalue weighted by Gasteiger charge is 2.44. The summed E-state index contributed by atoms with van der Waals surface area (Å²) in [6.07, 6.45) is 0. The van der Waals surface area contributed by atoms with Crippen molar-refractivity contribution in [2.75, 3.05) is 0 Å². The van der Waals surface area contributed by atoms with Crippen LogP contribution in [0.4, 0.5) is 8.78 Å². The number of hydrogen-bond donors (Lipinski definition) is 1. The van der Waals surface area contributed by atoms with Crippen molar-refractivity contribution < 1.29 is 23.5 Å². The summed E-state index contributed by atoms with van der Waals surface area (Å²) in [5.74, 6) is -3.02. The number of Topliss-reactive ketones (excluding diaryl/α,β-unsaturated/α-hetero) is 1. The molecular formula is C22H15F2NO3S. The molecule has 0 aliphatic carbocycles. The molecule has 1 atom stereocenters. The van der Waals surface area contributed by atoms with Crippen LogP contribution in [0.5, 0.6) is 0 Å². The third kappa shape index (κ3) is 3.45. The molecule has 1 amide bonds. The topological polar surface area (TPSA) is 57.6 Å². The van der Waals surface area contributed by atoms with Crippen LogP contribution in [0.3, 0.4) is 0 Å². The minimum absolute atomic E-state index is 0.0244. The van der Waals surface area contributed by atoms with Crippen LogP contribution in [0.15, 0.2) is 77.4 Å². The summed E-state index contributed by atoms with van der Waals surface area (Å²) in [7, 11) is 0. The van der Waals surface area contributed by atoms with Gasteiger partial charge in [-0.25, -0.2) is 8.78 Å². The maximum Gasteiger partial charge on any atom is 0.290 e. The van der Waals surface area contributed by atoms with Gasteiger partial charge < -0.3 is 10.0 Å². The average Bonchev–Trinajstić information content (AvgIpc) is 3.33. The highest BCUT2D eigenvalue weighted by molar-refractivity contribution is 7.12. The molecule has 0 radical (unpaired) electrons. The molecule has 1 aliphatic rings. The smallest absolute Gasteiger partial charge is 0.290 e. The van der Waals surface area contributed by atoms with Gasteiger partial charge in [-0.3, -0.25) is 9.59 Å². The first-order valence-electron chi connectivity index (χ1n) is 8.78. The van der Waals surface area contributed by atoms with E-state index in [4.69, 9.17) is 0 Å². The molecule has 29 heavy (non-hydrogen) atoms. The van der Waals surface area contributed by atoms with E-state index in [1.165, 1.54) is 58.7 Å². The lowest BCUT2D eigenvalue weighted by atomic mass is 9.95. The van der Waals surface area contributed by atoms with Crippen LogP contribution < -0.4 is 0 Å². The number of carbonyl (C=O) groups excluding carboxylic acids is 2. The second kappa shape index (κ2) is 7.60. The average molecular weight is 411 g/mol. The zero-order chi connectivity index (χ0) is 20.5. The van der Waals surface area contributed by atoms with Gasteiger partial charge in [0.25, 0.3) is 5.91 Å². The van der Waals surface area contributed by atoms with E-state index in [2.05, 4.69) is 0 Å². The lowest BCUT2D eigenvalue weighted by molar-refractivity contribution is -0.130. The Bertz CT molecular complexity index is 1110. The SMILES string of the molecule is O=C(C1=C(O)C(=O)N(Cc2ccc(F)cc2)C1c1ccccc1F)c1cccs1. The standard InChI is InChI=1S/C22H15F2NO3S/c23-14-9-7-13(8-10-14)12-25-19(15-4-1-2-5-16(15)24)18(21(27)22(25)28)20(26)17-6-3-11-29-17/h1-11,19,27H,12H2. The van der Waals surface area contributed by atoms with Crippen LogP contribution in [0.25, 0.3) is 0 Å². The van der Waals surface area contributed by atoms with Gasteiger partial charge in [0.2, 0.25) is 5.78 Å². The summed E-state index contributed by atoms with van der Waals surface area (Å²) < 4.78 is 27.9. The van der Waals surface area contributed by atoms with Crippen LogP contribution in [0.2, 0.25) is 0 Å². The third-order valence-corrected chi connectivity index (χ3v) is 5.63. The number of ketones is 1. The first kappa shape index (κ1) is 19.0. The largest absolute Gasteiger partial charge is 0.503 e. The summed E-state index contributed by atoms with van der Waals surface area (Å²) in [6, 6.07) is 13.5. The van der Waals surface area contributed by atoms with Crippen molar-refractivity contribution in [3.63, 3.8) is 0 Å². The maximum absolute atomic E-state index is 14.6. The first-order chi connectivity index (χ1) is 14.0. The van der Waals surface area contributed by atoms with E-state index in [1.54, 1.807) is 23.6 Å². The molecule has 0 bridgehead atoms. The van der Waals surface area contributed by atoms with E-state index in [0.717, 1.165) is 0 Å². The number of halogens is 2. The molecule has 1 unspecified atom stereocenters. The van der Waals surface area contributed by atoms with Crippen molar-refractivity contribution in [3.8, 4) is 0 Å². The fourth-order valence-electron chi connectivity index (χ4n) is 3.40. The van der Waals surface area contributed by atoms with Crippen LogP contribution in [0.1, 0.15) is 26.8 Å². The molecule has 0 spiro atoms. The van der Waals surface area contributed by atoms with Crippen LogP contribution in [-0.2, 0) is 11.3 Å². The second-order valence-electron chi connectivity index (χ2n) is 6.55. The Morgan fingerprint density at radius 3 is 2.41 bits per heavy atom. The Kier molecular flexibility index (Phi) is 4.98. The summed E-state index contributed by atoms with van der Waals surface area (Å²) in [5, 5.41) is 12.2. The van der Waals surface area contributed by atoms with Crippen molar-refractivity contribution >= 4 is 23.0 Å². The molecule has 1 N–H and O–H groups in total. The lowest BCUT2D eigenvalue weighted by Gasteiger charge is -2.27. The number of thiophene rings is 1. The molecule has 4 rings (SSSR count). The molecule has 2 heterocycles. The minimum Gasteiger partial charge on any atom is -0.503 e. The van der Waals surface area contributed by atoms with E-state index in [9.17, 15) is 23.5 Å². The van der Waals surface area contributed by atoms with Gasteiger partial charge in [-0.2, -0.15) is 0 Å². The monoisotopic (exact) mass is 411 g/mol. The first-order valence-corrected chi connectivity index (χ1v) is 9.66. The Labute approximate surface area is 169 Å². The van der Waals surface area contributed by atoms with Gasteiger partial charge in [0.05, 0.1) is 16.5 Å². The van der Waals surface area contributed by atoms with E-state index in [-0.39, 0.29) is 17.7 Å². The predicted octanol–water partition coefficient (Wildman–Crippen LogP) is 4.80. The molecule has 0 fully saturated rings. The van der Waals surface area contributed by atoms with Crippen LogP contribution in [-0.4, -0.2) is 21.7 Å². The van der Waals surface area contributed by atoms with Crippen molar-refractivity contribution in [2.45, 2.75) is 12.6 Å². The van der Waals surface area contributed by atoms with Crippen molar-refractivity contribution in [1.82, 2.24) is 4.90 Å². The Morgan fingerprint density at radius 1 is 1.03 bits per heavy atom. The van der Waals surface area contributed by atoms with Gasteiger partial charge in [-0.05, 0) is 35.2 Å². The zero-order valence-corrected chi connectivity index (χ0v) is 15.8. The van der Waals surface area contributed by atoms with Crippen molar-refractivity contribution in [2.24, 2.45) is 0 Å². The number of benzene rings is 2. The summed E-state index contributed by atoms with van der Waals surface area (Å²) in [4.78, 5) is 27.4. The summed E-state index contributed by atoms with van der Waals surface area (Å²) >= 11 is 1.17. The van der Waals surface area contributed by atoms with E-state index < -0.39 is 35.1 Å². The molecule has 4 nitrogen and oxygen atoms in total.